The Bertz CT molecular complexity index is 856. The average molecular weight is 558 g/mol. The number of ether oxygens (including phenoxy) is 1. The molecule has 0 saturated carbocycles. The first kappa shape index (κ1) is 25.5. The third-order valence-corrected chi connectivity index (χ3v) is 5.67. The lowest BCUT2D eigenvalue weighted by Gasteiger charge is -2.35. The Labute approximate surface area is 208 Å². The number of rotatable bonds is 7. The van der Waals surface area contributed by atoms with Gasteiger partial charge in [0.15, 0.2) is 5.96 Å². The topological polar surface area (TPSA) is 52.1 Å². The van der Waals surface area contributed by atoms with Crippen LogP contribution in [0.2, 0.25) is 5.02 Å². The van der Waals surface area contributed by atoms with Crippen molar-refractivity contribution in [3.05, 3.63) is 58.6 Å². The summed E-state index contributed by atoms with van der Waals surface area (Å²) in [5.41, 5.74) is 3.35. The van der Waals surface area contributed by atoms with E-state index in [9.17, 15) is 0 Å². The number of para-hydroxylation sites is 1. The minimum absolute atomic E-state index is 0. The fourth-order valence-electron chi connectivity index (χ4n) is 3.58. The molecule has 1 fully saturated rings. The van der Waals surface area contributed by atoms with E-state index in [-0.39, 0.29) is 24.0 Å². The SMILES string of the molecule is CCNC(=NCc1ccccc1OC)NCc1c(Cl)cccc1N1CCN(C)CC1.I. The summed E-state index contributed by atoms with van der Waals surface area (Å²) in [6.45, 7) is 8.12. The Hall–Kier alpha value is -1.71. The van der Waals surface area contributed by atoms with Crippen molar-refractivity contribution in [2.24, 2.45) is 4.99 Å². The summed E-state index contributed by atoms with van der Waals surface area (Å²) in [4.78, 5) is 9.51. The van der Waals surface area contributed by atoms with Crippen LogP contribution in [-0.4, -0.2) is 57.7 Å². The van der Waals surface area contributed by atoms with Gasteiger partial charge in [0.05, 0.1) is 13.7 Å². The van der Waals surface area contributed by atoms with Crippen molar-refractivity contribution in [3.63, 3.8) is 0 Å². The smallest absolute Gasteiger partial charge is 0.191 e. The highest BCUT2D eigenvalue weighted by molar-refractivity contribution is 14.0. The number of hydrogen-bond donors (Lipinski definition) is 2. The molecule has 0 aromatic heterocycles. The van der Waals surface area contributed by atoms with Gasteiger partial charge in [0.25, 0.3) is 0 Å². The van der Waals surface area contributed by atoms with E-state index in [1.54, 1.807) is 7.11 Å². The number of aliphatic imine (C=N–C) groups is 1. The Morgan fingerprint density at radius 1 is 1.06 bits per heavy atom. The van der Waals surface area contributed by atoms with Gasteiger partial charge in [0.2, 0.25) is 0 Å². The van der Waals surface area contributed by atoms with Crippen LogP contribution in [0, 0.1) is 0 Å². The number of piperazine rings is 1. The summed E-state index contributed by atoms with van der Waals surface area (Å²) >= 11 is 6.60. The van der Waals surface area contributed by atoms with Crippen LogP contribution in [0.4, 0.5) is 5.69 Å². The highest BCUT2D eigenvalue weighted by Gasteiger charge is 2.18. The predicted octanol–water partition coefficient (Wildman–Crippen LogP) is 3.97. The second-order valence-corrected chi connectivity index (χ2v) is 7.80. The zero-order chi connectivity index (χ0) is 21.3. The maximum Gasteiger partial charge on any atom is 0.191 e. The highest BCUT2D eigenvalue weighted by Crippen LogP contribution is 2.28. The van der Waals surface area contributed by atoms with Gasteiger partial charge in [-0.1, -0.05) is 35.9 Å². The molecule has 1 aliphatic rings. The molecule has 3 rings (SSSR count). The average Bonchev–Trinajstić information content (AvgIpc) is 2.77. The lowest BCUT2D eigenvalue weighted by molar-refractivity contribution is 0.312. The molecule has 2 aromatic rings. The van der Waals surface area contributed by atoms with Crippen molar-refractivity contribution in [1.82, 2.24) is 15.5 Å². The summed E-state index contributed by atoms with van der Waals surface area (Å²) in [5, 5.41) is 7.55. The van der Waals surface area contributed by atoms with Gasteiger partial charge in [-0.15, -0.1) is 24.0 Å². The molecule has 8 heteroatoms. The van der Waals surface area contributed by atoms with E-state index in [4.69, 9.17) is 21.3 Å². The Balaban J connectivity index is 0.00000341. The molecule has 1 aliphatic heterocycles. The predicted molar refractivity (Wildman–Crippen MR) is 141 cm³/mol. The minimum Gasteiger partial charge on any atom is -0.496 e. The van der Waals surface area contributed by atoms with Crippen molar-refractivity contribution in [3.8, 4) is 5.75 Å². The molecule has 31 heavy (non-hydrogen) atoms. The summed E-state index contributed by atoms with van der Waals surface area (Å²) < 4.78 is 5.44. The molecule has 1 saturated heterocycles. The largest absolute Gasteiger partial charge is 0.496 e. The quantitative estimate of drug-likeness (QED) is 0.307. The molecule has 0 amide bonds. The fraction of sp³-hybridized carbons (Fsp3) is 0.435. The molecule has 0 atom stereocenters. The van der Waals surface area contributed by atoms with Crippen LogP contribution < -0.4 is 20.3 Å². The van der Waals surface area contributed by atoms with Gasteiger partial charge in [0.1, 0.15) is 5.75 Å². The van der Waals surface area contributed by atoms with Crippen molar-refractivity contribution >= 4 is 47.2 Å². The van der Waals surface area contributed by atoms with E-state index in [0.717, 1.165) is 60.6 Å². The number of methoxy groups -OCH3 is 1. The molecule has 0 aliphatic carbocycles. The van der Waals surface area contributed by atoms with Crippen LogP contribution in [0.15, 0.2) is 47.5 Å². The second kappa shape index (κ2) is 13.0. The van der Waals surface area contributed by atoms with Gasteiger partial charge < -0.3 is 25.2 Å². The van der Waals surface area contributed by atoms with Crippen LogP contribution >= 0.6 is 35.6 Å². The van der Waals surface area contributed by atoms with Gasteiger partial charge in [-0.25, -0.2) is 4.99 Å². The number of likely N-dealkylation sites (N-methyl/N-ethyl adjacent to an activating group) is 1. The van der Waals surface area contributed by atoms with E-state index in [2.05, 4.69) is 40.5 Å². The fourth-order valence-corrected chi connectivity index (χ4v) is 3.81. The van der Waals surface area contributed by atoms with Crippen LogP contribution in [0.5, 0.6) is 5.75 Å². The molecule has 6 nitrogen and oxygen atoms in total. The van der Waals surface area contributed by atoms with Crippen LogP contribution in [0.1, 0.15) is 18.1 Å². The number of hydrogen-bond acceptors (Lipinski definition) is 4. The molecule has 0 spiro atoms. The first-order valence-corrected chi connectivity index (χ1v) is 10.8. The standard InChI is InChI=1S/C23H32ClN5O.HI/c1-4-25-23(26-16-18-8-5-6-11-22(18)30-3)27-17-19-20(24)9-7-10-21(19)29-14-12-28(2)13-15-29;/h5-11H,4,12-17H2,1-3H3,(H2,25,26,27);1H. The van der Waals surface area contributed by atoms with Crippen molar-refractivity contribution < 1.29 is 4.74 Å². The van der Waals surface area contributed by atoms with Crippen LogP contribution in [0.3, 0.4) is 0 Å². The van der Waals surface area contributed by atoms with Crippen LogP contribution in [-0.2, 0) is 13.1 Å². The molecule has 0 radical (unpaired) electrons. The summed E-state index contributed by atoms with van der Waals surface area (Å²) in [7, 11) is 3.85. The normalized spacial score (nSPS) is 14.7. The number of nitrogens with one attached hydrogen (secondary N) is 2. The van der Waals surface area contributed by atoms with E-state index < -0.39 is 0 Å². The first-order valence-electron chi connectivity index (χ1n) is 10.5. The molecule has 0 bridgehead atoms. The van der Waals surface area contributed by atoms with Crippen molar-refractivity contribution in [2.45, 2.75) is 20.0 Å². The number of nitrogens with zero attached hydrogens (tertiary/aromatic N) is 3. The Kier molecular flexibility index (Phi) is 10.7. The molecule has 170 valence electrons. The third-order valence-electron chi connectivity index (χ3n) is 5.31. The van der Waals surface area contributed by atoms with E-state index in [1.165, 1.54) is 5.69 Å². The minimum atomic E-state index is 0. The molecule has 2 N–H and O–H groups in total. The Morgan fingerprint density at radius 3 is 2.52 bits per heavy atom. The van der Waals surface area contributed by atoms with E-state index in [0.29, 0.717) is 13.1 Å². The lowest BCUT2D eigenvalue weighted by Crippen LogP contribution is -2.45. The highest BCUT2D eigenvalue weighted by atomic mass is 127. The van der Waals surface area contributed by atoms with E-state index in [1.807, 2.05) is 36.4 Å². The number of guanidine groups is 1. The number of halogens is 2. The summed E-state index contributed by atoms with van der Waals surface area (Å²) in [6.07, 6.45) is 0. The molecule has 0 unspecified atom stereocenters. The first-order chi connectivity index (χ1) is 14.6. The monoisotopic (exact) mass is 557 g/mol. The van der Waals surface area contributed by atoms with Gasteiger partial charge in [0, 0.05) is 61.1 Å². The van der Waals surface area contributed by atoms with Gasteiger partial charge in [-0.05, 0) is 32.2 Å². The molecular weight excluding hydrogens is 525 g/mol. The third kappa shape index (κ3) is 7.15. The molecule has 2 aromatic carbocycles. The second-order valence-electron chi connectivity index (χ2n) is 7.39. The van der Waals surface area contributed by atoms with Gasteiger partial charge in [-0.2, -0.15) is 0 Å². The van der Waals surface area contributed by atoms with E-state index >= 15 is 0 Å². The maximum absolute atomic E-state index is 6.60. The molecular formula is C23H33ClIN5O. The Morgan fingerprint density at radius 2 is 1.81 bits per heavy atom. The number of benzene rings is 2. The van der Waals surface area contributed by atoms with Gasteiger partial charge >= 0.3 is 0 Å². The number of anilines is 1. The maximum atomic E-state index is 6.60. The van der Waals surface area contributed by atoms with Crippen LogP contribution in [0.25, 0.3) is 0 Å². The zero-order valence-corrected chi connectivity index (χ0v) is 21.6. The summed E-state index contributed by atoms with van der Waals surface area (Å²) in [5.74, 6) is 1.60. The van der Waals surface area contributed by atoms with Gasteiger partial charge in [-0.3, -0.25) is 0 Å². The van der Waals surface area contributed by atoms with Crippen molar-refractivity contribution in [2.75, 3.05) is 51.8 Å². The molecule has 1 heterocycles. The zero-order valence-electron chi connectivity index (χ0n) is 18.5. The lowest BCUT2D eigenvalue weighted by atomic mass is 10.1. The van der Waals surface area contributed by atoms with Crippen molar-refractivity contribution in [1.29, 1.82) is 0 Å². The summed E-state index contributed by atoms with van der Waals surface area (Å²) in [6, 6.07) is 14.1.